The Kier molecular flexibility index (Phi) is 7.13. The molecule has 1 heterocycles. The fourth-order valence-electron chi connectivity index (χ4n) is 2.90. The van der Waals surface area contributed by atoms with Crippen LogP contribution in [0.4, 0.5) is 10.5 Å². The number of thioether (sulfide) groups is 1. The van der Waals surface area contributed by atoms with Gasteiger partial charge in [-0.25, -0.2) is 0 Å². The van der Waals surface area contributed by atoms with Crippen LogP contribution in [0.5, 0.6) is 5.75 Å². The van der Waals surface area contributed by atoms with E-state index >= 15 is 0 Å². The maximum atomic E-state index is 12.6. The average Bonchev–Trinajstić information content (AvgIpc) is 3.02. The van der Waals surface area contributed by atoms with Gasteiger partial charge in [-0.05, 0) is 54.1 Å². The largest absolute Gasteiger partial charge is 0.497 e. The van der Waals surface area contributed by atoms with Gasteiger partial charge in [0.05, 0.1) is 17.7 Å². The first kappa shape index (κ1) is 21.4. The molecule has 8 heteroatoms. The van der Waals surface area contributed by atoms with Gasteiger partial charge in [-0.2, -0.15) is 0 Å². The minimum atomic E-state index is -0.331. The molecule has 0 bridgehead atoms. The summed E-state index contributed by atoms with van der Waals surface area (Å²) in [6.07, 6.45) is 2.28. The third kappa shape index (κ3) is 5.42. The van der Waals surface area contributed by atoms with Gasteiger partial charge in [0.2, 0.25) is 5.91 Å². The number of benzene rings is 2. The van der Waals surface area contributed by atoms with Crippen LogP contribution in [0.25, 0.3) is 6.08 Å². The van der Waals surface area contributed by atoms with Crippen molar-refractivity contribution in [3.63, 3.8) is 0 Å². The molecule has 0 atom stereocenters. The molecule has 2 aromatic carbocycles. The van der Waals surface area contributed by atoms with Gasteiger partial charge in [0.1, 0.15) is 5.75 Å². The smallest absolute Gasteiger partial charge is 0.293 e. The summed E-state index contributed by atoms with van der Waals surface area (Å²) in [6.45, 7) is 0.201. The van der Waals surface area contributed by atoms with Crippen LogP contribution in [0.15, 0.2) is 59.5 Å². The quantitative estimate of drug-likeness (QED) is 0.513. The molecule has 1 saturated heterocycles. The van der Waals surface area contributed by atoms with E-state index in [0.717, 1.165) is 28.8 Å². The van der Waals surface area contributed by atoms with Gasteiger partial charge in [-0.1, -0.05) is 30.3 Å². The highest BCUT2D eigenvalue weighted by Crippen LogP contribution is 2.32. The highest BCUT2D eigenvalue weighted by molar-refractivity contribution is 8.18. The second-order valence-corrected chi connectivity index (χ2v) is 7.63. The summed E-state index contributed by atoms with van der Waals surface area (Å²) in [7, 11) is 3.34. The third-order valence-corrected chi connectivity index (χ3v) is 5.42. The molecule has 0 aromatic heterocycles. The van der Waals surface area contributed by atoms with Crippen molar-refractivity contribution >= 4 is 40.6 Å². The van der Waals surface area contributed by atoms with Crippen LogP contribution in [0, 0.1) is 0 Å². The fourth-order valence-corrected chi connectivity index (χ4v) is 3.77. The maximum absolute atomic E-state index is 12.6. The van der Waals surface area contributed by atoms with E-state index < -0.39 is 0 Å². The molecular formula is C22H23N3O4S. The first-order chi connectivity index (χ1) is 14.5. The number of para-hydroxylation sites is 1. The zero-order chi connectivity index (χ0) is 21.5. The number of carbonyl (C=O) groups is 3. The molecule has 1 aliphatic heterocycles. The number of ether oxygens (including phenoxy) is 1. The number of amides is 3. The Labute approximate surface area is 179 Å². The molecule has 7 nitrogen and oxygen atoms in total. The number of rotatable bonds is 8. The molecule has 0 unspecified atom stereocenters. The van der Waals surface area contributed by atoms with Crippen molar-refractivity contribution in [1.29, 1.82) is 0 Å². The summed E-state index contributed by atoms with van der Waals surface area (Å²) >= 11 is 0.912. The zero-order valence-corrected chi connectivity index (χ0v) is 17.6. The van der Waals surface area contributed by atoms with Crippen LogP contribution in [-0.4, -0.2) is 42.7 Å². The van der Waals surface area contributed by atoms with Crippen molar-refractivity contribution in [3.05, 3.63) is 65.1 Å². The second-order valence-electron chi connectivity index (χ2n) is 6.64. The minimum Gasteiger partial charge on any atom is -0.497 e. The molecule has 0 saturated carbocycles. The Morgan fingerprint density at radius 2 is 1.83 bits per heavy atom. The van der Waals surface area contributed by atoms with Crippen LogP contribution in [-0.2, 0) is 9.59 Å². The van der Waals surface area contributed by atoms with E-state index in [9.17, 15) is 14.4 Å². The number of hydrazine groups is 1. The first-order valence-electron chi connectivity index (χ1n) is 9.45. The highest BCUT2D eigenvalue weighted by Gasteiger charge is 2.34. The lowest BCUT2D eigenvalue weighted by atomic mass is 10.2. The normalized spacial score (nSPS) is 14.9. The molecule has 0 aliphatic carbocycles. The molecule has 156 valence electrons. The number of methoxy groups -OCH3 is 1. The van der Waals surface area contributed by atoms with Crippen molar-refractivity contribution in [1.82, 2.24) is 10.3 Å². The van der Waals surface area contributed by atoms with E-state index in [1.165, 1.54) is 4.90 Å². The van der Waals surface area contributed by atoms with Crippen LogP contribution in [0.1, 0.15) is 18.4 Å². The van der Waals surface area contributed by atoms with E-state index in [1.807, 2.05) is 42.5 Å². The number of hydrogen-bond acceptors (Lipinski definition) is 6. The topological polar surface area (TPSA) is 79.0 Å². The Bertz CT molecular complexity index is 945. The number of nitrogens with one attached hydrogen (secondary N) is 1. The molecule has 1 fully saturated rings. The monoisotopic (exact) mass is 425 g/mol. The number of carbonyl (C=O) groups excluding carboxylic acids is 3. The molecule has 3 amide bonds. The van der Waals surface area contributed by atoms with Gasteiger partial charge in [0.15, 0.2) is 0 Å². The Hall–Kier alpha value is -3.26. The molecule has 0 radical (unpaired) electrons. The summed E-state index contributed by atoms with van der Waals surface area (Å²) in [5.74, 6) is 0.209. The van der Waals surface area contributed by atoms with Crippen molar-refractivity contribution in [2.75, 3.05) is 25.7 Å². The lowest BCUT2D eigenvalue weighted by Gasteiger charge is -2.20. The van der Waals surface area contributed by atoms with Gasteiger partial charge in [-0.3, -0.25) is 29.7 Å². The maximum Gasteiger partial charge on any atom is 0.293 e. The van der Waals surface area contributed by atoms with Crippen molar-refractivity contribution < 1.29 is 19.1 Å². The summed E-state index contributed by atoms with van der Waals surface area (Å²) < 4.78 is 5.12. The minimum absolute atomic E-state index is 0.179. The summed E-state index contributed by atoms with van der Waals surface area (Å²) in [4.78, 5) is 38.5. The lowest BCUT2D eigenvalue weighted by Crippen LogP contribution is -2.39. The second kappa shape index (κ2) is 9.98. The number of anilines is 1. The van der Waals surface area contributed by atoms with Crippen LogP contribution in [0.3, 0.4) is 0 Å². The van der Waals surface area contributed by atoms with Crippen molar-refractivity contribution in [2.24, 2.45) is 0 Å². The van der Waals surface area contributed by atoms with Gasteiger partial charge < -0.3 is 4.74 Å². The molecule has 1 aliphatic rings. The van der Waals surface area contributed by atoms with Crippen LogP contribution >= 0.6 is 11.8 Å². The van der Waals surface area contributed by atoms with Gasteiger partial charge in [-0.15, -0.1) is 0 Å². The molecule has 30 heavy (non-hydrogen) atoms. The predicted octanol–water partition coefficient (Wildman–Crippen LogP) is 3.68. The Morgan fingerprint density at radius 3 is 2.50 bits per heavy atom. The standard InChI is InChI=1S/C22H23N3O4S/c1-24(17-7-4-3-5-8-17)23-20(26)9-6-14-25-21(27)19(30-22(25)28)15-16-10-12-18(29-2)13-11-16/h3-5,7-8,10-13,15H,6,9,14H2,1-2H3,(H,23,26). The third-order valence-electron chi connectivity index (χ3n) is 4.51. The number of hydrogen-bond donors (Lipinski definition) is 1. The Balaban J connectivity index is 1.50. The van der Waals surface area contributed by atoms with Crippen LogP contribution in [0.2, 0.25) is 0 Å². The van der Waals surface area contributed by atoms with E-state index in [1.54, 1.807) is 37.4 Å². The SMILES string of the molecule is COc1ccc(C=C2SC(=O)N(CCCC(=O)NN(C)c3ccccc3)C2=O)cc1. The van der Waals surface area contributed by atoms with E-state index in [0.29, 0.717) is 11.3 Å². The van der Waals surface area contributed by atoms with Crippen molar-refractivity contribution in [2.45, 2.75) is 12.8 Å². The highest BCUT2D eigenvalue weighted by atomic mass is 32.2. The number of nitrogens with zero attached hydrogens (tertiary/aromatic N) is 2. The van der Waals surface area contributed by atoms with Gasteiger partial charge >= 0.3 is 0 Å². The van der Waals surface area contributed by atoms with Gasteiger partial charge in [0.25, 0.3) is 11.1 Å². The first-order valence-corrected chi connectivity index (χ1v) is 10.3. The lowest BCUT2D eigenvalue weighted by molar-refractivity contribution is -0.124. The summed E-state index contributed by atoms with van der Waals surface area (Å²) in [5.41, 5.74) is 4.45. The molecular weight excluding hydrogens is 402 g/mol. The van der Waals surface area contributed by atoms with Gasteiger partial charge in [0, 0.05) is 20.0 Å². The van der Waals surface area contributed by atoms with E-state index in [2.05, 4.69) is 5.43 Å². The molecule has 1 N–H and O–H groups in total. The molecule has 0 spiro atoms. The summed E-state index contributed by atoms with van der Waals surface area (Å²) in [5, 5.41) is 1.32. The summed E-state index contributed by atoms with van der Waals surface area (Å²) in [6, 6.07) is 16.7. The average molecular weight is 426 g/mol. The van der Waals surface area contributed by atoms with Crippen molar-refractivity contribution in [3.8, 4) is 5.75 Å². The molecule has 3 rings (SSSR count). The fraction of sp³-hybridized carbons (Fsp3) is 0.227. The predicted molar refractivity (Wildman–Crippen MR) is 118 cm³/mol. The van der Waals surface area contributed by atoms with E-state index in [-0.39, 0.29) is 30.0 Å². The van der Waals surface area contributed by atoms with Crippen LogP contribution < -0.4 is 15.2 Å². The Morgan fingerprint density at radius 1 is 1.13 bits per heavy atom. The van der Waals surface area contributed by atoms with E-state index in [4.69, 9.17) is 4.74 Å². The molecule has 2 aromatic rings. The number of imide groups is 1. The zero-order valence-electron chi connectivity index (χ0n) is 16.8.